The first kappa shape index (κ1) is 22.6. The fourth-order valence-corrected chi connectivity index (χ4v) is 5.52. The molecule has 6 nitrogen and oxygen atoms in total. The lowest BCUT2D eigenvalue weighted by molar-refractivity contribution is 0.0636. The number of carbonyl (C=O) groups is 1. The minimum Gasteiger partial charge on any atom is -0.501 e. The largest absolute Gasteiger partial charge is 0.501 e. The second-order valence-electron chi connectivity index (χ2n) is 9.68. The van der Waals surface area contributed by atoms with Crippen molar-refractivity contribution < 1.29 is 9.90 Å². The Morgan fingerprint density at radius 2 is 1.66 bits per heavy atom. The number of hydrogen-bond acceptors (Lipinski definition) is 4. The lowest BCUT2D eigenvalue weighted by atomic mass is 9.74. The van der Waals surface area contributed by atoms with E-state index in [-0.39, 0.29) is 23.1 Å². The molecule has 0 saturated heterocycles. The van der Waals surface area contributed by atoms with Gasteiger partial charge in [-0.2, -0.15) is 4.98 Å². The Morgan fingerprint density at radius 3 is 2.22 bits per heavy atom. The molecule has 32 heavy (non-hydrogen) atoms. The minimum atomic E-state index is -0.699. The van der Waals surface area contributed by atoms with Crippen molar-refractivity contribution in [2.45, 2.75) is 90.6 Å². The third kappa shape index (κ3) is 3.84. The highest BCUT2D eigenvalue weighted by Gasteiger charge is 2.39. The summed E-state index contributed by atoms with van der Waals surface area (Å²) in [7, 11) is 0. The van der Waals surface area contributed by atoms with E-state index in [1.807, 2.05) is 18.4 Å². The molecule has 1 aliphatic carbocycles. The molecule has 0 radical (unpaired) electrons. The lowest BCUT2D eigenvalue weighted by Gasteiger charge is -2.36. The van der Waals surface area contributed by atoms with Gasteiger partial charge in [0.15, 0.2) is 5.69 Å². The summed E-state index contributed by atoms with van der Waals surface area (Å²) < 4.78 is 1.81. The van der Waals surface area contributed by atoms with Crippen molar-refractivity contribution in [1.29, 1.82) is 0 Å². The van der Waals surface area contributed by atoms with E-state index >= 15 is 0 Å². The Kier molecular flexibility index (Phi) is 6.15. The number of rotatable bonds is 6. The molecule has 0 spiro atoms. The van der Waals surface area contributed by atoms with Gasteiger partial charge in [0.2, 0.25) is 5.75 Å². The van der Waals surface area contributed by atoms with Crippen LogP contribution in [0.5, 0.6) is 5.75 Å². The van der Waals surface area contributed by atoms with E-state index < -0.39 is 11.3 Å². The molecule has 1 fully saturated rings. The number of hydrogen-bond donors (Lipinski definition) is 1. The molecule has 2 aliphatic rings. The maximum absolute atomic E-state index is 13.1. The Labute approximate surface area is 190 Å². The molecule has 0 bridgehead atoms. The first-order valence-electron chi connectivity index (χ1n) is 12.1. The Balaban J connectivity index is 1.82. The van der Waals surface area contributed by atoms with Crippen LogP contribution in [-0.2, 0) is 31.2 Å². The van der Waals surface area contributed by atoms with Crippen molar-refractivity contribution in [3.05, 3.63) is 56.8 Å². The first-order valence-corrected chi connectivity index (χ1v) is 12.1. The molecule has 1 aliphatic heterocycles. The Bertz CT molecular complexity index is 1060. The van der Waals surface area contributed by atoms with Gasteiger partial charge in [0.05, 0.1) is 0 Å². The van der Waals surface area contributed by atoms with Gasteiger partial charge in [0.1, 0.15) is 5.82 Å². The molecule has 172 valence electrons. The second-order valence-corrected chi connectivity index (χ2v) is 9.68. The number of aryl methyl sites for hydroxylation is 2. The molecule has 0 unspecified atom stereocenters. The quantitative estimate of drug-likeness (QED) is 0.741. The number of aromatic hydroxyl groups is 1. The number of nitrogens with zero attached hydrogens (tertiary/aromatic N) is 3. The van der Waals surface area contributed by atoms with E-state index in [0.29, 0.717) is 25.3 Å². The molecule has 1 aromatic carbocycles. The summed E-state index contributed by atoms with van der Waals surface area (Å²) >= 11 is 0. The van der Waals surface area contributed by atoms with Crippen molar-refractivity contribution in [3.8, 4) is 5.75 Å². The van der Waals surface area contributed by atoms with Crippen LogP contribution in [0.4, 0.5) is 0 Å². The summed E-state index contributed by atoms with van der Waals surface area (Å²) in [5.41, 5.74) is 3.32. The zero-order chi connectivity index (χ0) is 23.0. The van der Waals surface area contributed by atoms with Gasteiger partial charge in [0, 0.05) is 31.0 Å². The van der Waals surface area contributed by atoms with Crippen LogP contribution < -0.4 is 5.56 Å². The van der Waals surface area contributed by atoms with Crippen LogP contribution in [0.15, 0.2) is 23.0 Å². The summed E-state index contributed by atoms with van der Waals surface area (Å²) in [6.45, 7) is 9.36. The van der Waals surface area contributed by atoms with Crippen molar-refractivity contribution in [3.63, 3.8) is 0 Å². The van der Waals surface area contributed by atoms with Crippen LogP contribution in [0.3, 0.4) is 0 Å². The maximum atomic E-state index is 13.1. The molecule has 1 amide bonds. The van der Waals surface area contributed by atoms with Crippen LogP contribution >= 0.6 is 0 Å². The third-order valence-corrected chi connectivity index (χ3v) is 7.43. The fraction of sp³-hybridized carbons (Fsp3) is 0.577. The Hall–Kier alpha value is -2.63. The minimum absolute atomic E-state index is 0.00721. The SMILES string of the molecule is CCc1cc(CC)cc(C2(Cc3nc(=O)c(O)c4n3CCN(C(C)C)C4=O)CCCC2)c1. The predicted octanol–water partition coefficient (Wildman–Crippen LogP) is 3.99. The molecule has 1 aromatic heterocycles. The molecule has 2 aromatic rings. The van der Waals surface area contributed by atoms with Crippen molar-refractivity contribution in [1.82, 2.24) is 14.5 Å². The maximum Gasteiger partial charge on any atom is 0.315 e. The van der Waals surface area contributed by atoms with E-state index in [9.17, 15) is 14.7 Å². The monoisotopic (exact) mass is 437 g/mol. The highest BCUT2D eigenvalue weighted by molar-refractivity contribution is 5.95. The Morgan fingerprint density at radius 1 is 1.03 bits per heavy atom. The van der Waals surface area contributed by atoms with E-state index in [0.717, 1.165) is 38.5 Å². The number of fused-ring (bicyclic) bond motifs is 1. The molecule has 0 atom stereocenters. The van der Waals surface area contributed by atoms with Gasteiger partial charge in [0.25, 0.3) is 5.91 Å². The average Bonchev–Trinajstić information content (AvgIpc) is 3.26. The second kappa shape index (κ2) is 8.72. The van der Waals surface area contributed by atoms with Crippen molar-refractivity contribution in [2.75, 3.05) is 6.54 Å². The molecule has 1 saturated carbocycles. The van der Waals surface area contributed by atoms with Crippen LogP contribution in [0.25, 0.3) is 0 Å². The average molecular weight is 438 g/mol. The molecule has 6 heteroatoms. The lowest BCUT2D eigenvalue weighted by Crippen LogP contribution is -2.46. The number of carbonyl (C=O) groups excluding carboxylic acids is 1. The van der Waals surface area contributed by atoms with Crippen LogP contribution in [0, 0.1) is 0 Å². The molecular formula is C26H35N3O3. The van der Waals surface area contributed by atoms with Gasteiger partial charge in [-0.3, -0.25) is 9.59 Å². The van der Waals surface area contributed by atoms with Gasteiger partial charge in [-0.05, 0) is 56.2 Å². The van der Waals surface area contributed by atoms with E-state index in [4.69, 9.17) is 0 Å². The van der Waals surface area contributed by atoms with E-state index in [1.54, 1.807) is 4.90 Å². The third-order valence-electron chi connectivity index (χ3n) is 7.43. The van der Waals surface area contributed by atoms with Crippen LogP contribution in [-0.4, -0.2) is 38.1 Å². The van der Waals surface area contributed by atoms with E-state index in [1.165, 1.54) is 16.7 Å². The summed E-state index contributed by atoms with van der Waals surface area (Å²) in [4.78, 5) is 31.7. The molecular weight excluding hydrogens is 402 g/mol. The highest BCUT2D eigenvalue weighted by Crippen LogP contribution is 2.44. The first-order chi connectivity index (χ1) is 15.3. The molecule has 2 heterocycles. The van der Waals surface area contributed by atoms with Crippen LogP contribution in [0.1, 0.15) is 86.4 Å². The van der Waals surface area contributed by atoms with Gasteiger partial charge in [-0.15, -0.1) is 0 Å². The van der Waals surface area contributed by atoms with Gasteiger partial charge >= 0.3 is 5.56 Å². The van der Waals surface area contributed by atoms with E-state index in [2.05, 4.69) is 37.0 Å². The normalized spacial score (nSPS) is 17.8. The smallest absolute Gasteiger partial charge is 0.315 e. The van der Waals surface area contributed by atoms with Crippen molar-refractivity contribution in [2.24, 2.45) is 0 Å². The van der Waals surface area contributed by atoms with Gasteiger partial charge in [-0.25, -0.2) is 0 Å². The molecule has 1 N–H and O–H groups in total. The summed E-state index contributed by atoms with van der Waals surface area (Å²) in [6.07, 6.45) is 6.97. The number of aromatic nitrogens is 2. The fourth-order valence-electron chi connectivity index (χ4n) is 5.52. The standard InChI is InChI=1S/C26H35N3O3/c1-5-18-13-19(6-2)15-20(14-18)26(9-7-8-10-26)16-21-27-24(31)23(30)22-25(32)28(17(3)4)11-12-29(21)22/h13-15,17,30H,5-12,16H2,1-4H3. The zero-order valence-electron chi connectivity index (χ0n) is 19.8. The van der Waals surface area contributed by atoms with Gasteiger partial charge in [-0.1, -0.05) is 44.9 Å². The zero-order valence-corrected chi connectivity index (χ0v) is 19.8. The van der Waals surface area contributed by atoms with Gasteiger partial charge < -0.3 is 14.6 Å². The summed E-state index contributed by atoms with van der Waals surface area (Å²) in [5.74, 6) is -0.182. The number of amides is 1. The summed E-state index contributed by atoms with van der Waals surface area (Å²) in [6, 6.07) is 6.95. The predicted molar refractivity (Wildman–Crippen MR) is 125 cm³/mol. The summed E-state index contributed by atoms with van der Waals surface area (Å²) in [5, 5.41) is 10.5. The number of benzene rings is 1. The molecule has 4 rings (SSSR count). The van der Waals surface area contributed by atoms with Crippen molar-refractivity contribution >= 4 is 5.91 Å². The topological polar surface area (TPSA) is 75.4 Å². The highest BCUT2D eigenvalue weighted by atomic mass is 16.3. The van der Waals surface area contributed by atoms with Crippen LogP contribution in [0.2, 0.25) is 0 Å².